The fourth-order valence-electron chi connectivity index (χ4n) is 2.92. The van der Waals surface area contributed by atoms with Gasteiger partial charge in [0.05, 0.1) is 18.2 Å². The second-order valence-corrected chi connectivity index (χ2v) is 6.98. The van der Waals surface area contributed by atoms with E-state index in [0.717, 1.165) is 0 Å². The van der Waals surface area contributed by atoms with Crippen LogP contribution in [-0.2, 0) is 0 Å². The van der Waals surface area contributed by atoms with E-state index in [0.29, 0.717) is 16.9 Å². The molecular weight excluding hydrogens is 470 g/mol. The molecule has 1 amide bonds. The molecule has 0 unspecified atom stereocenters. The van der Waals surface area contributed by atoms with Crippen LogP contribution >= 0.6 is 11.6 Å². The number of nitrogens with zero attached hydrogens (tertiary/aromatic N) is 7. The molecule has 2 aromatic heterocycles. The highest BCUT2D eigenvalue weighted by Gasteiger charge is 2.25. The molecular formula is C19H14ClN9O5. The Balaban J connectivity index is 1.67. The molecule has 0 fully saturated rings. The molecule has 0 saturated carbocycles. The van der Waals surface area contributed by atoms with Gasteiger partial charge in [0.15, 0.2) is 5.69 Å². The SMILES string of the molecule is COc1cccc(-c2c(C(=O)NN=Cc3ccc(Cl)c([N+](=O)[O-])c3)nnn2-c2nonc2N)c1. The van der Waals surface area contributed by atoms with E-state index in [4.69, 9.17) is 22.1 Å². The van der Waals surface area contributed by atoms with Crippen molar-refractivity contribution in [1.82, 2.24) is 30.7 Å². The highest BCUT2D eigenvalue weighted by Crippen LogP contribution is 2.29. The summed E-state index contributed by atoms with van der Waals surface area (Å²) in [6.07, 6.45) is 1.22. The zero-order valence-electron chi connectivity index (χ0n) is 17.2. The third kappa shape index (κ3) is 4.37. The maximum Gasteiger partial charge on any atom is 0.294 e. The molecule has 172 valence electrons. The van der Waals surface area contributed by atoms with E-state index >= 15 is 0 Å². The molecule has 0 aliphatic carbocycles. The van der Waals surface area contributed by atoms with Crippen LogP contribution in [0, 0.1) is 10.1 Å². The van der Waals surface area contributed by atoms with Crippen LogP contribution in [0.25, 0.3) is 17.1 Å². The number of hydrazone groups is 1. The number of benzene rings is 2. The lowest BCUT2D eigenvalue weighted by atomic mass is 10.1. The number of nitrogen functional groups attached to an aromatic ring is 1. The zero-order chi connectivity index (χ0) is 24.2. The Morgan fingerprint density at radius 1 is 1.32 bits per heavy atom. The Labute approximate surface area is 195 Å². The summed E-state index contributed by atoms with van der Waals surface area (Å²) in [5.41, 5.74) is 8.76. The molecule has 14 nitrogen and oxygen atoms in total. The van der Waals surface area contributed by atoms with E-state index in [1.54, 1.807) is 24.3 Å². The van der Waals surface area contributed by atoms with E-state index in [2.05, 4.69) is 35.8 Å². The largest absolute Gasteiger partial charge is 0.497 e. The Morgan fingerprint density at radius 3 is 2.85 bits per heavy atom. The number of halogens is 1. The lowest BCUT2D eigenvalue weighted by molar-refractivity contribution is -0.384. The van der Waals surface area contributed by atoms with Crippen LogP contribution in [0.5, 0.6) is 5.75 Å². The maximum absolute atomic E-state index is 12.9. The minimum absolute atomic E-state index is 0.0210. The van der Waals surface area contributed by atoms with Gasteiger partial charge < -0.3 is 10.5 Å². The van der Waals surface area contributed by atoms with Gasteiger partial charge in [-0.1, -0.05) is 35.0 Å². The van der Waals surface area contributed by atoms with E-state index < -0.39 is 10.8 Å². The monoisotopic (exact) mass is 483 g/mol. The van der Waals surface area contributed by atoms with Crippen LogP contribution < -0.4 is 15.9 Å². The van der Waals surface area contributed by atoms with Crippen molar-refractivity contribution in [3.8, 4) is 22.8 Å². The van der Waals surface area contributed by atoms with Crippen molar-refractivity contribution in [3.63, 3.8) is 0 Å². The molecule has 0 spiro atoms. The number of nitrogens with one attached hydrogen (secondary N) is 1. The number of methoxy groups -OCH3 is 1. The van der Waals surface area contributed by atoms with Crippen molar-refractivity contribution in [1.29, 1.82) is 0 Å². The molecule has 0 aliphatic rings. The van der Waals surface area contributed by atoms with Crippen LogP contribution in [0.3, 0.4) is 0 Å². The quantitative estimate of drug-likeness (QED) is 0.224. The number of nitrogens with two attached hydrogens (primary N) is 1. The van der Waals surface area contributed by atoms with Crippen molar-refractivity contribution >= 4 is 35.2 Å². The normalized spacial score (nSPS) is 11.0. The Bertz CT molecular complexity index is 1410. The minimum atomic E-state index is -0.723. The molecule has 0 atom stereocenters. The number of hydrogen-bond donors (Lipinski definition) is 2. The number of ether oxygens (including phenoxy) is 1. The summed E-state index contributed by atoms with van der Waals surface area (Å²) in [5, 5.41) is 30.0. The fourth-order valence-corrected chi connectivity index (χ4v) is 3.11. The first kappa shape index (κ1) is 22.3. The van der Waals surface area contributed by atoms with Crippen LogP contribution in [0.4, 0.5) is 11.5 Å². The molecule has 2 aromatic carbocycles. The predicted molar refractivity (Wildman–Crippen MR) is 119 cm³/mol. The maximum atomic E-state index is 12.9. The van der Waals surface area contributed by atoms with Crippen molar-refractivity contribution in [3.05, 3.63) is 68.9 Å². The van der Waals surface area contributed by atoms with Crippen molar-refractivity contribution in [2.24, 2.45) is 5.10 Å². The second kappa shape index (κ2) is 9.33. The molecule has 2 heterocycles. The molecule has 3 N–H and O–H groups in total. The number of aromatic nitrogens is 5. The van der Waals surface area contributed by atoms with Crippen LogP contribution in [0.2, 0.25) is 5.02 Å². The van der Waals surface area contributed by atoms with Crippen molar-refractivity contribution in [2.75, 3.05) is 12.8 Å². The zero-order valence-corrected chi connectivity index (χ0v) is 18.0. The van der Waals surface area contributed by atoms with Gasteiger partial charge >= 0.3 is 0 Å². The van der Waals surface area contributed by atoms with Gasteiger partial charge in [-0.25, -0.2) is 10.1 Å². The third-order valence-electron chi connectivity index (χ3n) is 4.47. The van der Waals surface area contributed by atoms with Crippen LogP contribution in [0.1, 0.15) is 16.1 Å². The molecule has 34 heavy (non-hydrogen) atoms. The van der Waals surface area contributed by atoms with Gasteiger partial charge in [0.25, 0.3) is 11.6 Å². The number of anilines is 1. The van der Waals surface area contributed by atoms with Crippen molar-refractivity contribution in [2.45, 2.75) is 0 Å². The molecule has 4 aromatic rings. The molecule has 15 heteroatoms. The number of nitro benzene ring substituents is 1. The number of hydrogen-bond acceptors (Lipinski definition) is 11. The second-order valence-electron chi connectivity index (χ2n) is 6.57. The number of nitro groups is 1. The van der Waals surface area contributed by atoms with Gasteiger partial charge in [0.1, 0.15) is 16.5 Å². The van der Waals surface area contributed by atoms with E-state index in [9.17, 15) is 14.9 Å². The van der Waals surface area contributed by atoms with Gasteiger partial charge in [-0.3, -0.25) is 14.9 Å². The third-order valence-corrected chi connectivity index (χ3v) is 4.79. The summed E-state index contributed by atoms with van der Waals surface area (Å²) < 4.78 is 11.1. The number of carbonyl (C=O) groups is 1. The first-order chi connectivity index (χ1) is 16.4. The lowest BCUT2D eigenvalue weighted by Gasteiger charge is -2.07. The average Bonchev–Trinajstić information content (AvgIpc) is 3.45. The predicted octanol–water partition coefficient (Wildman–Crippen LogP) is 2.23. The number of amides is 1. The van der Waals surface area contributed by atoms with Gasteiger partial charge in [0.2, 0.25) is 11.6 Å². The van der Waals surface area contributed by atoms with Crippen LogP contribution in [0.15, 0.2) is 52.2 Å². The summed E-state index contributed by atoms with van der Waals surface area (Å²) in [7, 11) is 1.50. The number of carbonyl (C=O) groups excluding carboxylic acids is 1. The van der Waals surface area contributed by atoms with E-state index in [1.807, 2.05) is 0 Å². The first-order valence-electron chi connectivity index (χ1n) is 9.35. The standard InChI is InChI=1S/C19H14ClN9O5/c1-33-12-4-2-3-11(8-12)16-15(23-27-28(16)18-17(21)25-34-26-18)19(30)24-22-9-10-5-6-13(20)14(7-10)29(31)32/h2-9H,1H3,(H2,21,25)(H,24,30). The number of rotatable bonds is 7. The average molecular weight is 484 g/mol. The lowest BCUT2D eigenvalue weighted by Crippen LogP contribution is -2.19. The topological polar surface area (TPSA) is 189 Å². The van der Waals surface area contributed by atoms with Gasteiger partial charge in [-0.2, -0.15) is 9.78 Å². The summed E-state index contributed by atoms with van der Waals surface area (Å²) in [4.78, 5) is 23.3. The van der Waals surface area contributed by atoms with Crippen molar-refractivity contribution < 1.29 is 19.1 Å². The molecule has 0 bridgehead atoms. The molecule has 4 rings (SSSR count). The summed E-state index contributed by atoms with van der Waals surface area (Å²) >= 11 is 5.80. The van der Waals surface area contributed by atoms with E-state index in [1.165, 1.54) is 36.2 Å². The Hall–Kier alpha value is -4.85. The Kier molecular flexibility index (Phi) is 6.13. The first-order valence-corrected chi connectivity index (χ1v) is 9.72. The fraction of sp³-hybridized carbons (Fsp3) is 0.0526. The van der Waals surface area contributed by atoms with E-state index in [-0.39, 0.29) is 33.7 Å². The van der Waals surface area contributed by atoms with Crippen LogP contribution in [-0.4, -0.2) is 49.5 Å². The Morgan fingerprint density at radius 2 is 2.15 bits per heavy atom. The smallest absolute Gasteiger partial charge is 0.294 e. The highest BCUT2D eigenvalue weighted by atomic mass is 35.5. The molecule has 0 aliphatic heterocycles. The summed E-state index contributed by atoms with van der Waals surface area (Å²) in [6.45, 7) is 0. The highest BCUT2D eigenvalue weighted by molar-refractivity contribution is 6.32. The summed E-state index contributed by atoms with van der Waals surface area (Å²) in [5.74, 6) is -0.242. The molecule has 0 saturated heterocycles. The minimum Gasteiger partial charge on any atom is -0.497 e. The van der Waals surface area contributed by atoms with Gasteiger partial charge in [-0.15, -0.1) is 5.10 Å². The van der Waals surface area contributed by atoms with Gasteiger partial charge in [0, 0.05) is 17.2 Å². The summed E-state index contributed by atoms with van der Waals surface area (Å²) in [6, 6.07) is 10.9. The molecule has 0 radical (unpaired) electrons. The van der Waals surface area contributed by atoms with Gasteiger partial charge in [-0.05, 0) is 28.5 Å².